The summed E-state index contributed by atoms with van der Waals surface area (Å²) in [6.07, 6.45) is 3.52. The Morgan fingerprint density at radius 2 is 1.66 bits per heavy atom. The lowest BCUT2D eigenvalue weighted by molar-refractivity contribution is -0.342. The molecule has 0 unspecified atom stereocenters. The third-order valence-electron chi connectivity index (χ3n) is 5.27. The van der Waals surface area contributed by atoms with Crippen LogP contribution in [0.15, 0.2) is 48.5 Å². The maximum absolute atomic E-state index is 12.5. The van der Waals surface area contributed by atoms with E-state index < -0.39 is 0 Å². The van der Waals surface area contributed by atoms with Crippen molar-refractivity contribution in [3.63, 3.8) is 0 Å². The number of aliphatic hydroxyl groups excluding tert-OH is 1. The average molecular weight is 395 g/mol. The van der Waals surface area contributed by atoms with Crippen molar-refractivity contribution in [2.24, 2.45) is 0 Å². The molecule has 0 radical (unpaired) electrons. The lowest BCUT2D eigenvalue weighted by Gasteiger charge is -2.34. The minimum Gasteiger partial charge on any atom is -0.400 e. The van der Waals surface area contributed by atoms with Gasteiger partial charge in [-0.3, -0.25) is 9.69 Å². The summed E-state index contributed by atoms with van der Waals surface area (Å²) in [5.41, 5.74) is 5.98. The molecule has 2 N–H and O–H groups in total. The summed E-state index contributed by atoms with van der Waals surface area (Å²) in [6.45, 7) is 12.4. The van der Waals surface area contributed by atoms with Crippen molar-refractivity contribution in [2.75, 3.05) is 33.3 Å². The maximum atomic E-state index is 12.5. The summed E-state index contributed by atoms with van der Waals surface area (Å²) in [6, 6.07) is 14.3. The molecule has 5 nitrogen and oxygen atoms in total. The highest BCUT2D eigenvalue weighted by molar-refractivity contribution is 5.92. The fourth-order valence-corrected chi connectivity index (χ4v) is 3.52. The zero-order chi connectivity index (χ0) is 21.2. The summed E-state index contributed by atoms with van der Waals surface area (Å²) >= 11 is 0. The number of aryl methyl sites for hydroxylation is 2. The smallest absolute Gasteiger partial charge is 0.246 e. The Kier molecular flexibility index (Phi) is 8.77. The molecule has 1 fully saturated rings. The standard InChI is InChI=1S/C23H27N3O.CH4O/c1-18-7-6-8-19(2)21(18)17-25-13-15-26(16-14-25)23(27)12-11-20-9-4-5-10-22(20)24-3;1-2/h4-12H,3,13-17H2,1-2H3;2H,1H3/p+1/b12-11+;. The van der Waals surface area contributed by atoms with Gasteiger partial charge in [-0.1, -0.05) is 30.3 Å². The zero-order valence-electron chi connectivity index (χ0n) is 17.7. The third-order valence-corrected chi connectivity index (χ3v) is 5.27. The van der Waals surface area contributed by atoms with E-state index in [0.717, 1.165) is 51.1 Å². The minimum atomic E-state index is 0.0700. The lowest BCUT2D eigenvalue weighted by Crippen LogP contribution is -2.58. The molecule has 1 heterocycles. The molecule has 2 aromatic rings. The summed E-state index contributed by atoms with van der Waals surface area (Å²) < 4.78 is 0. The van der Waals surface area contributed by atoms with Crippen LogP contribution in [0.5, 0.6) is 0 Å². The lowest BCUT2D eigenvalue weighted by atomic mass is 10.0. The molecule has 0 atom stereocenters. The molecule has 154 valence electrons. The van der Waals surface area contributed by atoms with Gasteiger partial charge in [0.2, 0.25) is 11.6 Å². The monoisotopic (exact) mass is 394 g/mol. The number of carbonyl (C=O) groups is 1. The number of carbonyl (C=O) groups excluding carboxylic acids is 1. The topological polar surface area (TPSA) is 57.8 Å². The first-order valence-corrected chi connectivity index (χ1v) is 9.90. The van der Waals surface area contributed by atoms with E-state index in [1.807, 2.05) is 35.2 Å². The largest absolute Gasteiger partial charge is 0.400 e. The van der Waals surface area contributed by atoms with Crippen LogP contribution in [0.3, 0.4) is 0 Å². The average Bonchev–Trinajstić information content (AvgIpc) is 2.76. The minimum absolute atomic E-state index is 0.0700. The molecule has 1 aliphatic heterocycles. The van der Waals surface area contributed by atoms with E-state index in [0.29, 0.717) is 0 Å². The Bertz CT molecular complexity index is 833. The Balaban J connectivity index is 0.00000145. The van der Waals surface area contributed by atoms with Crippen LogP contribution in [-0.4, -0.2) is 60.8 Å². The van der Waals surface area contributed by atoms with Gasteiger partial charge in [-0.05, 0) is 42.7 Å². The van der Waals surface area contributed by atoms with Crippen molar-refractivity contribution in [3.05, 3.63) is 70.8 Å². The first-order chi connectivity index (χ1) is 14.1. The molecule has 29 heavy (non-hydrogen) atoms. The van der Waals surface area contributed by atoms with Crippen LogP contribution in [0.1, 0.15) is 22.3 Å². The maximum Gasteiger partial charge on any atom is 0.246 e. The fraction of sp³-hybridized carbons (Fsp3) is 0.333. The summed E-state index contributed by atoms with van der Waals surface area (Å²) in [5, 5.41) is 7.00. The van der Waals surface area contributed by atoms with Crippen molar-refractivity contribution in [1.82, 2.24) is 9.80 Å². The van der Waals surface area contributed by atoms with Crippen LogP contribution in [0, 0.1) is 13.8 Å². The Hall–Kier alpha value is -2.76. The van der Waals surface area contributed by atoms with Crippen molar-refractivity contribution in [2.45, 2.75) is 20.4 Å². The van der Waals surface area contributed by atoms with E-state index >= 15 is 0 Å². The van der Waals surface area contributed by atoms with Gasteiger partial charge in [0.25, 0.3) is 0 Å². The molecule has 5 heteroatoms. The van der Waals surface area contributed by atoms with E-state index in [-0.39, 0.29) is 5.91 Å². The number of para-hydroxylation sites is 1. The van der Waals surface area contributed by atoms with Gasteiger partial charge in [-0.15, -0.1) is 0 Å². The fourth-order valence-electron chi connectivity index (χ4n) is 3.52. The number of hydrogen-bond acceptors (Lipinski definition) is 3. The number of hydrogen-bond donors (Lipinski definition) is 2. The molecular weight excluding hydrogens is 362 g/mol. The Morgan fingerprint density at radius 1 is 1.03 bits per heavy atom. The van der Waals surface area contributed by atoms with E-state index in [1.165, 1.54) is 16.7 Å². The molecule has 1 aliphatic rings. The second-order valence-corrected chi connectivity index (χ2v) is 7.07. The van der Waals surface area contributed by atoms with E-state index in [1.54, 1.807) is 6.08 Å². The van der Waals surface area contributed by atoms with Crippen LogP contribution in [0.4, 0.5) is 5.69 Å². The molecule has 0 aliphatic carbocycles. The first-order valence-electron chi connectivity index (χ1n) is 9.90. The Morgan fingerprint density at radius 3 is 2.28 bits per heavy atom. The molecule has 2 aromatic carbocycles. The van der Waals surface area contributed by atoms with Crippen molar-refractivity contribution < 1.29 is 14.9 Å². The molecular formula is C24H32N3O2+. The second kappa shape index (κ2) is 11.3. The molecule has 1 amide bonds. The number of aliphatic hydroxyl groups is 1. The van der Waals surface area contributed by atoms with Crippen LogP contribution in [-0.2, 0) is 11.3 Å². The highest BCUT2D eigenvalue weighted by Crippen LogP contribution is 2.17. The van der Waals surface area contributed by atoms with Crippen LogP contribution >= 0.6 is 0 Å². The summed E-state index contributed by atoms with van der Waals surface area (Å²) in [7, 11) is 1.00. The zero-order valence-corrected chi connectivity index (χ0v) is 17.7. The summed E-state index contributed by atoms with van der Waals surface area (Å²) in [4.78, 5) is 19.8. The molecule has 3 rings (SSSR count). The van der Waals surface area contributed by atoms with Crippen molar-refractivity contribution >= 4 is 24.4 Å². The van der Waals surface area contributed by atoms with Crippen LogP contribution in [0.2, 0.25) is 0 Å². The normalized spacial score (nSPS) is 14.4. The second-order valence-electron chi connectivity index (χ2n) is 7.07. The highest BCUT2D eigenvalue weighted by atomic mass is 16.2. The van der Waals surface area contributed by atoms with Crippen LogP contribution in [0.25, 0.3) is 6.08 Å². The molecule has 0 bridgehead atoms. The van der Waals surface area contributed by atoms with Crippen molar-refractivity contribution in [1.29, 1.82) is 0 Å². The molecule has 1 saturated heterocycles. The SMILES string of the molecule is C=[NH+]c1ccccc1/C=C/C(=O)N1CCN(Cc2c(C)cccc2C)CC1.CO. The van der Waals surface area contributed by atoms with Crippen LogP contribution < -0.4 is 4.99 Å². The van der Waals surface area contributed by atoms with Gasteiger partial charge in [0, 0.05) is 57.5 Å². The quantitative estimate of drug-likeness (QED) is 0.599. The van der Waals surface area contributed by atoms with Gasteiger partial charge >= 0.3 is 0 Å². The van der Waals surface area contributed by atoms with Gasteiger partial charge < -0.3 is 10.0 Å². The number of amides is 1. The van der Waals surface area contributed by atoms with E-state index in [9.17, 15) is 4.79 Å². The van der Waals surface area contributed by atoms with Gasteiger partial charge in [0.1, 0.15) is 6.72 Å². The van der Waals surface area contributed by atoms with Gasteiger partial charge in [-0.2, -0.15) is 0 Å². The number of nitrogens with one attached hydrogen (secondary N) is 1. The molecule has 0 spiro atoms. The number of nitrogens with zero attached hydrogens (tertiary/aromatic N) is 2. The number of rotatable bonds is 5. The number of benzene rings is 2. The van der Waals surface area contributed by atoms with Gasteiger partial charge in [0.05, 0.1) is 0 Å². The highest BCUT2D eigenvalue weighted by Gasteiger charge is 2.20. The number of piperazine rings is 1. The molecule has 0 saturated carbocycles. The Labute approximate surface area is 174 Å². The predicted molar refractivity (Wildman–Crippen MR) is 119 cm³/mol. The van der Waals surface area contributed by atoms with E-state index in [4.69, 9.17) is 5.11 Å². The van der Waals surface area contributed by atoms with Gasteiger partial charge in [-0.25, -0.2) is 4.99 Å². The van der Waals surface area contributed by atoms with Crippen molar-refractivity contribution in [3.8, 4) is 0 Å². The first kappa shape index (κ1) is 22.5. The molecule has 0 aromatic heterocycles. The van der Waals surface area contributed by atoms with Gasteiger partial charge in [0.15, 0.2) is 0 Å². The third kappa shape index (κ3) is 6.11. The van der Waals surface area contributed by atoms with E-state index in [2.05, 4.69) is 48.7 Å². The summed E-state index contributed by atoms with van der Waals surface area (Å²) in [5.74, 6) is 0.0700. The predicted octanol–water partition coefficient (Wildman–Crippen LogP) is 1.68.